The highest BCUT2D eigenvalue weighted by molar-refractivity contribution is 7.91. The number of nitrogens with one attached hydrogen (secondary N) is 2. The lowest BCUT2D eigenvalue weighted by atomic mass is 10.0. The monoisotopic (exact) mass is 350 g/mol. The molecule has 7 nitrogen and oxygen atoms in total. The molecule has 1 amide bonds. The standard InChI is InChI=1S/C16H18N2O5S/c1-16(6-7-24(21,22)10-16)18-14(19)9-23-15(20)12-8-17-13-5-3-2-4-11(12)13/h2-5,8,17H,6-7,9-10H2,1H3,(H,18,19)/t16-/m0/s1. The summed E-state index contributed by atoms with van der Waals surface area (Å²) in [4.78, 5) is 27.1. The van der Waals surface area contributed by atoms with E-state index in [0.717, 1.165) is 10.9 Å². The first-order chi connectivity index (χ1) is 11.3. The molecule has 24 heavy (non-hydrogen) atoms. The van der Waals surface area contributed by atoms with Crippen molar-refractivity contribution in [2.75, 3.05) is 18.1 Å². The van der Waals surface area contributed by atoms with E-state index >= 15 is 0 Å². The van der Waals surface area contributed by atoms with E-state index in [1.807, 2.05) is 12.1 Å². The van der Waals surface area contributed by atoms with Crippen molar-refractivity contribution < 1.29 is 22.7 Å². The van der Waals surface area contributed by atoms with Crippen molar-refractivity contribution in [3.8, 4) is 0 Å². The summed E-state index contributed by atoms with van der Waals surface area (Å²) in [5, 5.41) is 3.36. The van der Waals surface area contributed by atoms with E-state index in [4.69, 9.17) is 4.74 Å². The van der Waals surface area contributed by atoms with E-state index in [-0.39, 0.29) is 11.5 Å². The molecule has 0 radical (unpaired) electrons. The molecule has 1 aliphatic heterocycles. The highest BCUT2D eigenvalue weighted by atomic mass is 32.2. The molecule has 1 aromatic heterocycles. The molecule has 3 rings (SSSR count). The SMILES string of the molecule is C[C@]1(NC(=O)COC(=O)c2c[nH]c3ccccc23)CCS(=O)(=O)C1. The summed E-state index contributed by atoms with van der Waals surface area (Å²) >= 11 is 0. The van der Waals surface area contributed by atoms with Gasteiger partial charge in [0, 0.05) is 17.1 Å². The molecule has 128 valence electrons. The van der Waals surface area contributed by atoms with Gasteiger partial charge in [-0.25, -0.2) is 13.2 Å². The van der Waals surface area contributed by atoms with Gasteiger partial charge in [0.25, 0.3) is 5.91 Å². The number of fused-ring (bicyclic) bond motifs is 1. The number of hydrogen-bond acceptors (Lipinski definition) is 5. The van der Waals surface area contributed by atoms with Crippen molar-refractivity contribution in [2.24, 2.45) is 0 Å². The van der Waals surface area contributed by atoms with Crippen LogP contribution in [-0.4, -0.2) is 48.9 Å². The maximum Gasteiger partial charge on any atom is 0.340 e. The Hall–Kier alpha value is -2.35. The lowest BCUT2D eigenvalue weighted by molar-refractivity contribution is -0.125. The van der Waals surface area contributed by atoms with Gasteiger partial charge in [0.05, 0.1) is 22.6 Å². The van der Waals surface area contributed by atoms with Gasteiger partial charge < -0.3 is 15.0 Å². The first kappa shape index (κ1) is 16.5. The van der Waals surface area contributed by atoms with Crippen LogP contribution in [-0.2, 0) is 19.4 Å². The Bertz CT molecular complexity index is 902. The highest BCUT2D eigenvalue weighted by Gasteiger charge is 2.39. The van der Waals surface area contributed by atoms with Crippen LogP contribution < -0.4 is 5.32 Å². The molecule has 0 saturated carbocycles. The minimum absolute atomic E-state index is 0.0545. The van der Waals surface area contributed by atoms with Crippen LogP contribution in [0.2, 0.25) is 0 Å². The number of benzene rings is 1. The second kappa shape index (κ2) is 5.94. The fourth-order valence-corrected chi connectivity index (χ4v) is 5.02. The largest absolute Gasteiger partial charge is 0.452 e. The molecule has 2 aromatic rings. The topological polar surface area (TPSA) is 105 Å². The van der Waals surface area contributed by atoms with Crippen LogP contribution in [0.4, 0.5) is 0 Å². The number of sulfone groups is 1. The summed E-state index contributed by atoms with van der Waals surface area (Å²) in [5.41, 5.74) is 0.356. The van der Waals surface area contributed by atoms with Crippen LogP contribution in [0.1, 0.15) is 23.7 Å². The average molecular weight is 350 g/mol. The number of esters is 1. The molecule has 2 N–H and O–H groups in total. The molecule has 0 bridgehead atoms. The third kappa shape index (κ3) is 3.43. The smallest absolute Gasteiger partial charge is 0.340 e. The molecular formula is C16H18N2O5S. The number of rotatable bonds is 4. The summed E-state index contributed by atoms with van der Waals surface area (Å²) in [7, 11) is -3.12. The van der Waals surface area contributed by atoms with Crippen molar-refractivity contribution in [3.63, 3.8) is 0 Å². The number of amides is 1. The Morgan fingerprint density at radius 3 is 2.79 bits per heavy atom. The van der Waals surface area contributed by atoms with Gasteiger partial charge in [0.1, 0.15) is 0 Å². The molecule has 1 aliphatic rings. The van der Waals surface area contributed by atoms with E-state index in [0.29, 0.717) is 12.0 Å². The number of hydrogen-bond donors (Lipinski definition) is 2. The van der Waals surface area contributed by atoms with Crippen molar-refractivity contribution in [3.05, 3.63) is 36.0 Å². The van der Waals surface area contributed by atoms with Gasteiger partial charge >= 0.3 is 5.97 Å². The molecule has 2 heterocycles. The lowest BCUT2D eigenvalue weighted by Crippen LogP contribution is -2.48. The first-order valence-electron chi connectivity index (χ1n) is 7.53. The van der Waals surface area contributed by atoms with E-state index < -0.39 is 33.9 Å². The molecule has 1 atom stereocenters. The molecule has 1 aromatic carbocycles. The average Bonchev–Trinajstić information content (AvgIpc) is 3.05. The molecule has 1 fully saturated rings. The minimum Gasteiger partial charge on any atom is -0.452 e. The Balaban J connectivity index is 1.59. The number of ether oxygens (including phenoxy) is 1. The molecular weight excluding hydrogens is 332 g/mol. The summed E-state index contributed by atoms with van der Waals surface area (Å²) in [6, 6.07) is 7.27. The zero-order valence-corrected chi connectivity index (χ0v) is 14.0. The molecule has 1 saturated heterocycles. The van der Waals surface area contributed by atoms with Crippen molar-refractivity contribution in [1.29, 1.82) is 0 Å². The number of aromatic nitrogens is 1. The molecule has 8 heteroatoms. The number of aromatic amines is 1. The summed E-state index contributed by atoms with van der Waals surface area (Å²) < 4.78 is 28.1. The maximum absolute atomic E-state index is 12.1. The van der Waals surface area contributed by atoms with Crippen LogP contribution in [0, 0.1) is 0 Å². The van der Waals surface area contributed by atoms with Gasteiger partial charge in [0.2, 0.25) is 0 Å². The number of carbonyl (C=O) groups excluding carboxylic acids is 2. The fraction of sp³-hybridized carbons (Fsp3) is 0.375. The van der Waals surface area contributed by atoms with E-state index in [1.165, 1.54) is 6.20 Å². The molecule has 0 aliphatic carbocycles. The first-order valence-corrected chi connectivity index (χ1v) is 9.35. The number of carbonyl (C=O) groups is 2. The normalized spacial score (nSPS) is 22.4. The van der Waals surface area contributed by atoms with Crippen LogP contribution >= 0.6 is 0 Å². The van der Waals surface area contributed by atoms with Gasteiger partial charge in [-0.1, -0.05) is 18.2 Å². The number of para-hydroxylation sites is 1. The van der Waals surface area contributed by atoms with Gasteiger partial charge in [-0.15, -0.1) is 0 Å². The van der Waals surface area contributed by atoms with Crippen LogP contribution in [0.15, 0.2) is 30.5 Å². The second-order valence-corrected chi connectivity index (χ2v) is 8.46. The van der Waals surface area contributed by atoms with Gasteiger partial charge in [-0.05, 0) is 19.4 Å². The molecule has 0 unspecified atom stereocenters. The predicted molar refractivity (Wildman–Crippen MR) is 88.4 cm³/mol. The Labute approximate surface area is 139 Å². The van der Waals surface area contributed by atoms with Crippen LogP contribution in [0.25, 0.3) is 10.9 Å². The van der Waals surface area contributed by atoms with E-state index in [9.17, 15) is 18.0 Å². The van der Waals surface area contributed by atoms with Gasteiger partial charge in [0.15, 0.2) is 16.4 Å². The van der Waals surface area contributed by atoms with Gasteiger partial charge in [-0.3, -0.25) is 4.79 Å². The zero-order chi connectivity index (χ0) is 17.4. The third-order valence-corrected chi connectivity index (χ3v) is 5.99. The van der Waals surface area contributed by atoms with Crippen LogP contribution in [0.3, 0.4) is 0 Å². The Kier molecular flexibility index (Phi) is 4.08. The maximum atomic E-state index is 12.1. The van der Waals surface area contributed by atoms with Crippen molar-refractivity contribution in [2.45, 2.75) is 18.9 Å². The third-order valence-electron chi connectivity index (χ3n) is 4.09. The van der Waals surface area contributed by atoms with E-state index in [2.05, 4.69) is 10.3 Å². The van der Waals surface area contributed by atoms with Crippen molar-refractivity contribution in [1.82, 2.24) is 10.3 Å². The summed E-state index contributed by atoms with van der Waals surface area (Å²) in [5.74, 6) is -1.16. The van der Waals surface area contributed by atoms with Crippen molar-refractivity contribution >= 4 is 32.6 Å². The molecule has 0 spiro atoms. The predicted octanol–water partition coefficient (Wildman–Crippen LogP) is 1.02. The second-order valence-electron chi connectivity index (χ2n) is 6.27. The zero-order valence-electron chi connectivity index (χ0n) is 13.2. The number of H-pyrrole nitrogens is 1. The fourth-order valence-electron chi connectivity index (χ4n) is 2.93. The highest BCUT2D eigenvalue weighted by Crippen LogP contribution is 2.23. The quantitative estimate of drug-likeness (QED) is 0.801. The van der Waals surface area contributed by atoms with Crippen LogP contribution in [0.5, 0.6) is 0 Å². The summed E-state index contributed by atoms with van der Waals surface area (Å²) in [6.45, 7) is 1.23. The minimum atomic E-state index is -3.12. The lowest BCUT2D eigenvalue weighted by Gasteiger charge is -2.23. The summed E-state index contributed by atoms with van der Waals surface area (Å²) in [6.07, 6.45) is 1.90. The Morgan fingerprint density at radius 2 is 2.08 bits per heavy atom. The van der Waals surface area contributed by atoms with Gasteiger partial charge in [-0.2, -0.15) is 0 Å². The van der Waals surface area contributed by atoms with E-state index in [1.54, 1.807) is 19.1 Å². The Morgan fingerprint density at radius 1 is 1.33 bits per heavy atom.